The van der Waals surface area contributed by atoms with E-state index < -0.39 is 5.97 Å². The van der Waals surface area contributed by atoms with Gasteiger partial charge in [-0.15, -0.1) is 0 Å². The Labute approximate surface area is 166 Å². The number of nitrogens with zero attached hydrogens (tertiary/aromatic N) is 2. The molecule has 9 heteroatoms. The van der Waals surface area contributed by atoms with Gasteiger partial charge in [-0.2, -0.15) is 5.10 Å². The van der Waals surface area contributed by atoms with Crippen LogP contribution in [0.5, 0.6) is 0 Å². The van der Waals surface area contributed by atoms with Crippen molar-refractivity contribution in [1.29, 1.82) is 0 Å². The molecule has 2 amide bonds. The third kappa shape index (κ3) is 4.70. The molecule has 0 bridgehead atoms. The predicted octanol–water partition coefficient (Wildman–Crippen LogP) is 2.29. The van der Waals surface area contributed by atoms with Crippen molar-refractivity contribution in [2.75, 3.05) is 12.4 Å². The summed E-state index contributed by atoms with van der Waals surface area (Å²) < 4.78 is 11.1. The molecule has 0 atom stereocenters. The lowest BCUT2D eigenvalue weighted by atomic mass is 10.1. The van der Waals surface area contributed by atoms with Crippen molar-refractivity contribution in [3.63, 3.8) is 0 Å². The minimum atomic E-state index is -0.556. The fourth-order valence-corrected chi connectivity index (χ4v) is 2.80. The predicted molar refractivity (Wildman–Crippen MR) is 104 cm³/mol. The van der Waals surface area contributed by atoms with Crippen molar-refractivity contribution < 1.29 is 23.5 Å². The zero-order valence-electron chi connectivity index (χ0n) is 16.2. The van der Waals surface area contributed by atoms with E-state index in [0.29, 0.717) is 28.2 Å². The van der Waals surface area contributed by atoms with Crippen LogP contribution in [-0.4, -0.2) is 34.7 Å². The first kappa shape index (κ1) is 19.9. The SMILES string of the molecule is COC(=O)c1cc(CNC(=O)c2ccoc2)cc(NC(=O)c2cc(C)nn2C)c1. The highest BCUT2D eigenvalue weighted by Crippen LogP contribution is 2.18. The second-order valence-corrected chi connectivity index (χ2v) is 6.35. The molecule has 2 heterocycles. The Balaban J connectivity index is 1.81. The fraction of sp³-hybridized carbons (Fsp3) is 0.200. The lowest BCUT2D eigenvalue weighted by molar-refractivity contribution is 0.0600. The number of amides is 2. The topological polar surface area (TPSA) is 115 Å². The molecule has 0 radical (unpaired) electrons. The van der Waals surface area contributed by atoms with E-state index in [1.54, 1.807) is 38.2 Å². The summed E-state index contributed by atoms with van der Waals surface area (Å²) >= 11 is 0. The van der Waals surface area contributed by atoms with Gasteiger partial charge < -0.3 is 19.8 Å². The van der Waals surface area contributed by atoms with E-state index in [2.05, 4.69) is 15.7 Å². The maximum absolute atomic E-state index is 12.6. The Morgan fingerprint density at radius 1 is 1.14 bits per heavy atom. The van der Waals surface area contributed by atoms with Crippen LogP contribution >= 0.6 is 0 Å². The van der Waals surface area contributed by atoms with E-state index in [0.717, 1.165) is 0 Å². The third-order valence-electron chi connectivity index (χ3n) is 4.14. The number of ether oxygens (including phenoxy) is 1. The number of hydrogen-bond donors (Lipinski definition) is 2. The summed E-state index contributed by atoms with van der Waals surface area (Å²) in [6, 6.07) is 7.97. The van der Waals surface area contributed by atoms with Crippen LogP contribution in [0.4, 0.5) is 5.69 Å². The number of rotatable bonds is 6. The van der Waals surface area contributed by atoms with E-state index in [1.165, 1.54) is 30.4 Å². The molecule has 3 aromatic rings. The van der Waals surface area contributed by atoms with Gasteiger partial charge in [0.05, 0.1) is 30.2 Å². The highest BCUT2D eigenvalue weighted by atomic mass is 16.5. The van der Waals surface area contributed by atoms with E-state index >= 15 is 0 Å². The number of nitrogens with one attached hydrogen (secondary N) is 2. The quantitative estimate of drug-likeness (QED) is 0.618. The van der Waals surface area contributed by atoms with Gasteiger partial charge in [0.1, 0.15) is 12.0 Å². The van der Waals surface area contributed by atoms with Crippen molar-refractivity contribution in [1.82, 2.24) is 15.1 Å². The highest BCUT2D eigenvalue weighted by molar-refractivity contribution is 6.04. The molecular weight excluding hydrogens is 376 g/mol. The lowest BCUT2D eigenvalue weighted by Crippen LogP contribution is -2.23. The van der Waals surface area contributed by atoms with Crippen molar-refractivity contribution in [2.45, 2.75) is 13.5 Å². The van der Waals surface area contributed by atoms with Gasteiger partial charge in [-0.1, -0.05) is 0 Å². The first-order chi connectivity index (χ1) is 13.9. The summed E-state index contributed by atoms with van der Waals surface area (Å²) in [5, 5.41) is 9.63. The molecule has 0 spiro atoms. The normalized spacial score (nSPS) is 10.4. The van der Waals surface area contributed by atoms with Crippen molar-refractivity contribution >= 4 is 23.5 Å². The number of esters is 1. The first-order valence-electron chi connectivity index (χ1n) is 8.72. The number of benzene rings is 1. The van der Waals surface area contributed by atoms with Crippen LogP contribution in [0.25, 0.3) is 0 Å². The summed E-state index contributed by atoms with van der Waals surface area (Å²) in [7, 11) is 2.94. The number of furan rings is 1. The molecule has 3 rings (SSSR count). The number of aryl methyl sites for hydroxylation is 2. The molecule has 0 aliphatic rings. The Kier molecular flexibility index (Phi) is 5.77. The maximum Gasteiger partial charge on any atom is 0.337 e. The van der Waals surface area contributed by atoms with Crippen LogP contribution in [-0.2, 0) is 18.3 Å². The second-order valence-electron chi connectivity index (χ2n) is 6.35. The molecule has 1 aromatic carbocycles. The average molecular weight is 396 g/mol. The van der Waals surface area contributed by atoms with Gasteiger partial charge in [0, 0.05) is 19.3 Å². The molecule has 29 heavy (non-hydrogen) atoms. The van der Waals surface area contributed by atoms with Gasteiger partial charge in [-0.05, 0) is 42.8 Å². The minimum absolute atomic E-state index is 0.141. The van der Waals surface area contributed by atoms with E-state index in [1.807, 2.05) is 0 Å². The standard InChI is InChI=1S/C20H20N4O5/c1-12-6-17(24(2)23-12)19(26)22-16-8-13(7-15(9-16)20(27)28-3)10-21-18(25)14-4-5-29-11-14/h4-9,11H,10H2,1-3H3,(H,21,25)(H,22,26). The van der Waals surface area contributed by atoms with Crippen LogP contribution in [0.3, 0.4) is 0 Å². The molecule has 0 unspecified atom stereocenters. The Morgan fingerprint density at radius 2 is 1.93 bits per heavy atom. The highest BCUT2D eigenvalue weighted by Gasteiger charge is 2.15. The Morgan fingerprint density at radius 3 is 2.55 bits per heavy atom. The number of carbonyl (C=O) groups is 3. The van der Waals surface area contributed by atoms with Crippen LogP contribution in [0.15, 0.2) is 47.3 Å². The summed E-state index contributed by atoms with van der Waals surface area (Å²) in [4.78, 5) is 36.7. The van der Waals surface area contributed by atoms with Crippen LogP contribution in [0.1, 0.15) is 42.5 Å². The monoisotopic (exact) mass is 396 g/mol. The molecule has 9 nitrogen and oxygen atoms in total. The smallest absolute Gasteiger partial charge is 0.337 e. The number of carbonyl (C=O) groups excluding carboxylic acids is 3. The number of hydrogen-bond acceptors (Lipinski definition) is 6. The summed E-state index contributed by atoms with van der Waals surface area (Å²) in [5.74, 6) is -1.25. The largest absolute Gasteiger partial charge is 0.472 e. The van der Waals surface area contributed by atoms with Gasteiger partial charge in [-0.3, -0.25) is 14.3 Å². The molecule has 150 valence electrons. The average Bonchev–Trinajstić information content (AvgIpc) is 3.34. The molecular formula is C20H20N4O5. The minimum Gasteiger partial charge on any atom is -0.472 e. The van der Waals surface area contributed by atoms with Gasteiger partial charge >= 0.3 is 5.97 Å². The zero-order valence-corrected chi connectivity index (χ0v) is 16.2. The van der Waals surface area contributed by atoms with Crippen LogP contribution in [0, 0.1) is 6.92 Å². The first-order valence-corrected chi connectivity index (χ1v) is 8.72. The Bertz CT molecular complexity index is 1050. The third-order valence-corrected chi connectivity index (χ3v) is 4.14. The molecule has 0 fully saturated rings. The van der Waals surface area contributed by atoms with Crippen LogP contribution in [0.2, 0.25) is 0 Å². The number of methoxy groups -OCH3 is 1. The molecule has 0 aliphatic carbocycles. The molecule has 0 saturated heterocycles. The summed E-state index contributed by atoms with van der Waals surface area (Å²) in [6.45, 7) is 1.93. The summed E-state index contributed by atoms with van der Waals surface area (Å²) in [5.41, 5.74) is 2.73. The molecule has 2 N–H and O–H groups in total. The van der Waals surface area contributed by atoms with Gasteiger partial charge in [0.15, 0.2) is 0 Å². The Hall–Kier alpha value is -3.88. The van der Waals surface area contributed by atoms with Crippen molar-refractivity contribution in [3.05, 3.63) is 70.9 Å². The fourth-order valence-electron chi connectivity index (χ4n) is 2.80. The van der Waals surface area contributed by atoms with Gasteiger partial charge in [-0.25, -0.2) is 4.79 Å². The number of aromatic nitrogens is 2. The zero-order chi connectivity index (χ0) is 21.0. The van der Waals surface area contributed by atoms with Crippen molar-refractivity contribution in [3.8, 4) is 0 Å². The molecule has 2 aromatic heterocycles. The van der Waals surface area contributed by atoms with Gasteiger partial charge in [0.2, 0.25) is 0 Å². The van der Waals surface area contributed by atoms with E-state index in [-0.39, 0.29) is 23.9 Å². The lowest BCUT2D eigenvalue weighted by Gasteiger charge is -2.11. The number of anilines is 1. The van der Waals surface area contributed by atoms with E-state index in [9.17, 15) is 14.4 Å². The molecule has 0 saturated carbocycles. The van der Waals surface area contributed by atoms with Crippen LogP contribution < -0.4 is 10.6 Å². The van der Waals surface area contributed by atoms with Crippen molar-refractivity contribution in [2.24, 2.45) is 7.05 Å². The molecule has 0 aliphatic heterocycles. The van der Waals surface area contributed by atoms with Gasteiger partial charge in [0.25, 0.3) is 11.8 Å². The van der Waals surface area contributed by atoms with E-state index in [4.69, 9.17) is 9.15 Å². The summed E-state index contributed by atoms with van der Waals surface area (Å²) in [6.07, 6.45) is 2.74. The maximum atomic E-state index is 12.6. The second kappa shape index (κ2) is 8.42.